The summed E-state index contributed by atoms with van der Waals surface area (Å²) < 4.78 is 1.64. The maximum absolute atomic E-state index is 10.9. The molecule has 1 atom stereocenters. The van der Waals surface area contributed by atoms with E-state index in [0.29, 0.717) is 12.2 Å². The predicted molar refractivity (Wildman–Crippen MR) is 57.8 cm³/mol. The number of rotatable bonds is 6. The van der Waals surface area contributed by atoms with Gasteiger partial charge in [-0.1, -0.05) is 19.8 Å². The van der Waals surface area contributed by atoms with Crippen LogP contribution in [0, 0.1) is 0 Å². The molecule has 0 aliphatic rings. The average Bonchev–Trinajstić information content (AvgIpc) is 2.58. The fourth-order valence-corrected chi connectivity index (χ4v) is 1.34. The molecule has 84 valence electrons. The van der Waals surface area contributed by atoms with Crippen molar-refractivity contribution in [1.82, 2.24) is 9.78 Å². The van der Waals surface area contributed by atoms with E-state index >= 15 is 0 Å². The summed E-state index contributed by atoms with van der Waals surface area (Å²) in [5.74, 6) is -0.213. The number of aryl methyl sites for hydroxylation is 1. The molecule has 0 fully saturated rings. The molecule has 1 aromatic rings. The lowest BCUT2D eigenvalue weighted by Crippen LogP contribution is -2.29. The molecule has 0 aromatic carbocycles. The second-order valence-electron chi connectivity index (χ2n) is 3.55. The summed E-state index contributed by atoms with van der Waals surface area (Å²) in [5, 5.41) is 16.0. The van der Waals surface area contributed by atoms with Crippen LogP contribution in [0.15, 0.2) is 12.3 Å². The monoisotopic (exact) mass is 211 g/mol. The van der Waals surface area contributed by atoms with Crippen molar-refractivity contribution in [3.8, 4) is 0 Å². The summed E-state index contributed by atoms with van der Waals surface area (Å²) in [6.45, 7) is 2.04. The minimum absolute atomic E-state index is 0.542. The molecule has 0 saturated carbocycles. The number of aliphatic carboxylic acids is 1. The molecule has 0 bridgehead atoms. The SMILES string of the molecule is CCCCC(Nc1ccn(C)n1)C(=O)O. The fourth-order valence-electron chi connectivity index (χ4n) is 1.34. The lowest BCUT2D eigenvalue weighted by molar-refractivity contribution is -0.138. The summed E-state index contributed by atoms with van der Waals surface area (Å²) in [7, 11) is 1.80. The highest BCUT2D eigenvalue weighted by atomic mass is 16.4. The number of aromatic nitrogens is 2. The van der Waals surface area contributed by atoms with E-state index in [1.807, 2.05) is 6.92 Å². The quantitative estimate of drug-likeness (QED) is 0.747. The third kappa shape index (κ3) is 3.61. The van der Waals surface area contributed by atoms with Crippen LogP contribution in [0.3, 0.4) is 0 Å². The molecular weight excluding hydrogens is 194 g/mol. The van der Waals surface area contributed by atoms with Crippen molar-refractivity contribution in [3.05, 3.63) is 12.3 Å². The highest BCUT2D eigenvalue weighted by Gasteiger charge is 2.16. The minimum atomic E-state index is -0.825. The van der Waals surface area contributed by atoms with E-state index in [1.54, 1.807) is 24.0 Å². The van der Waals surface area contributed by atoms with Crippen molar-refractivity contribution in [2.24, 2.45) is 7.05 Å². The van der Waals surface area contributed by atoms with Gasteiger partial charge < -0.3 is 10.4 Å². The van der Waals surface area contributed by atoms with Gasteiger partial charge in [-0.2, -0.15) is 5.10 Å². The molecule has 0 saturated heterocycles. The molecule has 0 aliphatic heterocycles. The molecule has 0 amide bonds. The molecule has 0 aliphatic carbocycles. The molecular formula is C10H17N3O2. The van der Waals surface area contributed by atoms with Gasteiger partial charge in [0.05, 0.1) is 0 Å². The number of carbonyl (C=O) groups is 1. The van der Waals surface area contributed by atoms with Gasteiger partial charge in [0.2, 0.25) is 0 Å². The Hall–Kier alpha value is -1.52. The van der Waals surface area contributed by atoms with Gasteiger partial charge in [-0.3, -0.25) is 4.68 Å². The standard InChI is InChI=1S/C10H17N3O2/c1-3-4-5-8(10(14)15)11-9-6-7-13(2)12-9/h6-8H,3-5H2,1-2H3,(H,11,12)(H,14,15). The Morgan fingerprint density at radius 2 is 2.47 bits per heavy atom. The average molecular weight is 211 g/mol. The Morgan fingerprint density at radius 1 is 1.73 bits per heavy atom. The van der Waals surface area contributed by atoms with Crippen molar-refractivity contribution in [2.75, 3.05) is 5.32 Å². The Morgan fingerprint density at radius 3 is 2.93 bits per heavy atom. The zero-order valence-electron chi connectivity index (χ0n) is 9.10. The van der Waals surface area contributed by atoms with Gasteiger partial charge in [-0.05, 0) is 6.42 Å². The predicted octanol–water partition coefficient (Wildman–Crippen LogP) is 1.48. The van der Waals surface area contributed by atoms with Crippen LogP contribution in [0.5, 0.6) is 0 Å². The van der Waals surface area contributed by atoms with Gasteiger partial charge in [-0.25, -0.2) is 4.79 Å². The van der Waals surface area contributed by atoms with Crippen molar-refractivity contribution < 1.29 is 9.90 Å². The maximum Gasteiger partial charge on any atom is 0.326 e. The number of hydrogen-bond acceptors (Lipinski definition) is 3. The largest absolute Gasteiger partial charge is 0.480 e. The van der Waals surface area contributed by atoms with E-state index in [0.717, 1.165) is 12.8 Å². The Kier molecular flexibility index (Phi) is 4.15. The van der Waals surface area contributed by atoms with E-state index in [9.17, 15) is 4.79 Å². The van der Waals surface area contributed by atoms with Crippen molar-refractivity contribution in [3.63, 3.8) is 0 Å². The van der Waals surface area contributed by atoms with Gasteiger partial charge in [0.1, 0.15) is 11.9 Å². The number of anilines is 1. The van der Waals surface area contributed by atoms with Crippen LogP contribution in [0.4, 0.5) is 5.82 Å². The molecule has 1 unspecified atom stereocenters. The molecule has 1 heterocycles. The third-order valence-electron chi connectivity index (χ3n) is 2.18. The topological polar surface area (TPSA) is 67.2 Å². The van der Waals surface area contributed by atoms with E-state index < -0.39 is 12.0 Å². The lowest BCUT2D eigenvalue weighted by Gasteiger charge is -2.12. The molecule has 1 aromatic heterocycles. The normalized spacial score (nSPS) is 12.4. The van der Waals surface area contributed by atoms with Gasteiger partial charge in [-0.15, -0.1) is 0 Å². The van der Waals surface area contributed by atoms with Crippen molar-refractivity contribution >= 4 is 11.8 Å². The first-order valence-corrected chi connectivity index (χ1v) is 5.12. The van der Waals surface area contributed by atoms with Crippen LogP contribution < -0.4 is 5.32 Å². The zero-order valence-corrected chi connectivity index (χ0v) is 9.10. The van der Waals surface area contributed by atoms with Gasteiger partial charge in [0, 0.05) is 19.3 Å². The van der Waals surface area contributed by atoms with E-state index in [2.05, 4.69) is 10.4 Å². The summed E-state index contributed by atoms with van der Waals surface area (Å²) in [6, 6.07) is 1.22. The second-order valence-corrected chi connectivity index (χ2v) is 3.55. The van der Waals surface area contributed by atoms with Crippen LogP contribution in [-0.2, 0) is 11.8 Å². The zero-order chi connectivity index (χ0) is 11.3. The Labute approximate surface area is 89.1 Å². The van der Waals surface area contributed by atoms with E-state index in [-0.39, 0.29) is 0 Å². The van der Waals surface area contributed by atoms with Crippen LogP contribution in [0.25, 0.3) is 0 Å². The maximum atomic E-state index is 10.9. The number of hydrogen-bond donors (Lipinski definition) is 2. The van der Waals surface area contributed by atoms with E-state index in [1.165, 1.54) is 0 Å². The van der Waals surface area contributed by atoms with Gasteiger partial charge in [0.15, 0.2) is 0 Å². The first-order valence-electron chi connectivity index (χ1n) is 5.12. The number of nitrogens with zero attached hydrogens (tertiary/aromatic N) is 2. The molecule has 15 heavy (non-hydrogen) atoms. The highest BCUT2D eigenvalue weighted by Crippen LogP contribution is 2.09. The first-order chi connectivity index (χ1) is 7.13. The number of carboxylic acids is 1. The number of unbranched alkanes of at least 4 members (excludes halogenated alkanes) is 1. The molecule has 5 heteroatoms. The Bertz CT molecular complexity index is 322. The molecule has 5 nitrogen and oxygen atoms in total. The second kappa shape index (κ2) is 5.38. The minimum Gasteiger partial charge on any atom is -0.480 e. The third-order valence-corrected chi connectivity index (χ3v) is 2.18. The number of carboxylic acid groups (broad SMARTS) is 1. The van der Waals surface area contributed by atoms with Crippen LogP contribution >= 0.6 is 0 Å². The van der Waals surface area contributed by atoms with Gasteiger partial charge >= 0.3 is 5.97 Å². The van der Waals surface area contributed by atoms with Gasteiger partial charge in [0.25, 0.3) is 0 Å². The molecule has 2 N–H and O–H groups in total. The van der Waals surface area contributed by atoms with Crippen LogP contribution in [0.1, 0.15) is 26.2 Å². The van der Waals surface area contributed by atoms with Crippen molar-refractivity contribution in [1.29, 1.82) is 0 Å². The molecule has 1 rings (SSSR count). The van der Waals surface area contributed by atoms with Crippen LogP contribution in [0.2, 0.25) is 0 Å². The molecule has 0 radical (unpaired) electrons. The number of nitrogens with one attached hydrogen (secondary N) is 1. The summed E-state index contributed by atoms with van der Waals surface area (Å²) >= 11 is 0. The summed E-state index contributed by atoms with van der Waals surface area (Å²) in [6.07, 6.45) is 4.30. The highest BCUT2D eigenvalue weighted by molar-refractivity contribution is 5.76. The van der Waals surface area contributed by atoms with Crippen molar-refractivity contribution in [2.45, 2.75) is 32.2 Å². The lowest BCUT2D eigenvalue weighted by atomic mass is 10.1. The van der Waals surface area contributed by atoms with Crippen LogP contribution in [-0.4, -0.2) is 26.9 Å². The first kappa shape index (κ1) is 11.6. The Balaban J connectivity index is 2.54. The van der Waals surface area contributed by atoms with E-state index in [4.69, 9.17) is 5.11 Å². The smallest absolute Gasteiger partial charge is 0.326 e. The molecule has 0 spiro atoms. The fraction of sp³-hybridized carbons (Fsp3) is 0.600. The summed E-state index contributed by atoms with van der Waals surface area (Å²) in [4.78, 5) is 10.9. The summed E-state index contributed by atoms with van der Waals surface area (Å²) in [5.41, 5.74) is 0.